The number of aromatic nitrogens is 5. The number of anilines is 2. The van der Waals surface area contributed by atoms with Crippen LogP contribution in [0.1, 0.15) is 6.42 Å². The number of carbonyl (C=O) groups excluding carboxylic acids is 1. The number of hydrogen-bond donors (Lipinski definition) is 1. The summed E-state index contributed by atoms with van der Waals surface area (Å²) in [6.07, 6.45) is 3.14. The number of amides is 1. The molecule has 0 spiro atoms. The minimum atomic E-state index is -1.96. The summed E-state index contributed by atoms with van der Waals surface area (Å²) in [5.41, 5.74) is -1.35. The van der Waals surface area contributed by atoms with Crippen molar-refractivity contribution in [2.45, 2.75) is 12.1 Å². The number of rotatable bonds is 3. The molecule has 118 valence electrons. The van der Waals surface area contributed by atoms with Gasteiger partial charge in [0.2, 0.25) is 5.67 Å². The van der Waals surface area contributed by atoms with Crippen molar-refractivity contribution < 1.29 is 9.18 Å². The molecule has 0 radical (unpaired) electrons. The fraction of sp³-hybridized carbons (Fsp3) is 0.308. The Kier molecular flexibility index (Phi) is 3.18. The van der Waals surface area contributed by atoms with Crippen LogP contribution < -0.4 is 10.2 Å². The first kappa shape index (κ1) is 14.0. The molecule has 23 heavy (non-hydrogen) atoms. The topological polar surface area (TPSA) is 88.3 Å². The number of carbonyl (C=O) groups is 1. The number of fused-ring (bicyclic) bond motifs is 1. The third-order valence-electron chi connectivity index (χ3n) is 3.75. The van der Waals surface area contributed by atoms with Gasteiger partial charge in [0.15, 0.2) is 10.8 Å². The Bertz CT molecular complexity index is 851. The van der Waals surface area contributed by atoms with Gasteiger partial charge in [-0.1, -0.05) is 0 Å². The molecular weight excluding hydrogens is 321 g/mol. The SMILES string of the molecule is O=C(Nc1nccs1)C1(F)CCN(c2ccc3nncn3n2)C1. The summed E-state index contributed by atoms with van der Waals surface area (Å²) in [5, 5.41) is 16.6. The number of hydrogen-bond acceptors (Lipinski definition) is 7. The zero-order valence-corrected chi connectivity index (χ0v) is 12.7. The quantitative estimate of drug-likeness (QED) is 0.773. The van der Waals surface area contributed by atoms with Gasteiger partial charge in [0.1, 0.15) is 12.1 Å². The van der Waals surface area contributed by atoms with Crippen LogP contribution in [-0.4, -0.2) is 49.5 Å². The number of halogens is 1. The van der Waals surface area contributed by atoms with Crippen LogP contribution in [0.25, 0.3) is 5.65 Å². The van der Waals surface area contributed by atoms with Gasteiger partial charge in [0.25, 0.3) is 5.91 Å². The minimum absolute atomic E-state index is 0.0508. The lowest BCUT2D eigenvalue weighted by Gasteiger charge is -2.20. The van der Waals surface area contributed by atoms with Crippen molar-refractivity contribution in [2.75, 3.05) is 23.3 Å². The Morgan fingerprint density at radius 2 is 2.35 bits per heavy atom. The van der Waals surface area contributed by atoms with E-state index in [2.05, 4.69) is 25.6 Å². The average Bonchev–Trinajstić information content (AvgIpc) is 3.26. The van der Waals surface area contributed by atoms with E-state index in [4.69, 9.17) is 0 Å². The van der Waals surface area contributed by atoms with Crippen LogP contribution in [0.5, 0.6) is 0 Å². The largest absolute Gasteiger partial charge is 0.351 e. The first-order valence-electron chi connectivity index (χ1n) is 6.96. The van der Waals surface area contributed by atoms with E-state index in [0.717, 1.165) is 0 Å². The van der Waals surface area contributed by atoms with Crippen LogP contribution in [0.2, 0.25) is 0 Å². The van der Waals surface area contributed by atoms with Crippen LogP contribution in [0.4, 0.5) is 15.3 Å². The number of nitrogens with one attached hydrogen (secondary N) is 1. The van der Waals surface area contributed by atoms with Crippen molar-refractivity contribution in [1.82, 2.24) is 24.8 Å². The summed E-state index contributed by atoms with van der Waals surface area (Å²) < 4.78 is 16.5. The molecule has 0 aromatic carbocycles. The second kappa shape index (κ2) is 5.23. The standard InChI is InChI=1S/C13H12FN7OS/c14-13(11(22)17-12-15-4-6-23-12)3-5-20(7-13)10-2-1-9-18-16-8-21(9)19-10/h1-2,4,6,8H,3,5,7H2,(H,15,17,22). The Morgan fingerprint density at radius 3 is 3.17 bits per heavy atom. The molecule has 1 N–H and O–H groups in total. The molecule has 8 nitrogen and oxygen atoms in total. The van der Waals surface area contributed by atoms with Gasteiger partial charge < -0.3 is 4.90 Å². The molecule has 1 saturated heterocycles. The van der Waals surface area contributed by atoms with E-state index in [1.165, 1.54) is 22.2 Å². The molecule has 3 aromatic heterocycles. The van der Waals surface area contributed by atoms with Crippen molar-refractivity contribution in [3.05, 3.63) is 30.0 Å². The van der Waals surface area contributed by atoms with Crippen LogP contribution in [0.15, 0.2) is 30.0 Å². The summed E-state index contributed by atoms with van der Waals surface area (Å²) in [6, 6.07) is 3.50. The minimum Gasteiger partial charge on any atom is -0.351 e. The molecule has 1 unspecified atom stereocenters. The maximum absolute atomic E-state index is 15.0. The maximum Gasteiger partial charge on any atom is 0.265 e. The van der Waals surface area contributed by atoms with Gasteiger partial charge in [-0.2, -0.15) is 4.52 Å². The molecular formula is C13H12FN7OS. The number of alkyl halides is 1. The summed E-state index contributed by atoms with van der Waals surface area (Å²) in [7, 11) is 0. The van der Waals surface area contributed by atoms with Gasteiger partial charge >= 0.3 is 0 Å². The maximum atomic E-state index is 15.0. The van der Waals surface area contributed by atoms with Crippen LogP contribution in [0, 0.1) is 0 Å². The fourth-order valence-corrected chi connectivity index (χ4v) is 3.06. The highest BCUT2D eigenvalue weighted by atomic mass is 32.1. The Hall–Kier alpha value is -2.62. The van der Waals surface area contributed by atoms with Crippen molar-refractivity contribution in [1.29, 1.82) is 0 Å². The Morgan fingerprint density at radius 1 is 1.43 bits per heavy atom. The van der Waals surface area contributed by atoms with Crippen molar-refractivity contribution in [3.63, 3.8) is 0 Å². The summed E-state index contributed by atoms with van der Waals surface area (Å²) in [6.45, 7) is 0.354. The second-order valence-corrected chi connectivity index (χ2v) is 6.15. The molecule has 0 bridgehead atoms. The normalized spacial score (nSPS) is 21.0. The molecule has 10 heteroatoms. The van der Waals surface area contributed by atoms with Crippen molar-refractivity contribution in [3.8, 4) is 0 Å². The second-order valence-electron chi connectivity index (χ2n) is 5.25. The highest BCUT2D eigenvalue weighted by Crippen LogP contribution is 2.30. The molecule has 4 rings (SSSR count). The van der Waals surface area contributed by atoms with E-state index in [-0.39, 0.29) is 13.0 Å². The zero-order valence-electron chi connectivity index (χ0n) is 11.9. The molecule has 1 aliphatic heterocycles. The summed E-state index contributed by atoms with van der Waals surface area (Å²) in [5.74, 6) is -0.0841. The third kappa shape index (κ3) is 2.50. The first-order chi connectivity index (χ1) is 11.1. The van der Waals surface area contributed by atoms with E-state index in [1.54, 1.807) is 28.6 Å². The van der Waals surface area contributed by atoms with Gasteiger partial charge in [-0.15, -0.1) is 26.6 Å². The lowest BCUT2D eigenvalue weighted by molar-refractivity contribution is -0.126. The number of thiazole rings is 1. The van der Waals surface area contributed by atoms with Crippen LogP contribution >= 0.6 is 11.3 Å². The Balaban J connectivity index is 1.52. The molecule has 1 fully saturated rings. The van der Waals surface area contributed by atoms with Crippen molar-refractivity contribution in [2.24, 2.45) is 0 Å². The van der Waals surface area contributed by atoms with Gasteiger partial charge in [-0.25, -0.2) is 9.37 Å². The van der Waals surface area contributed by atoms with E-state index in [1.807, 2.05) is 0 Å². The lowest BCUT2D eigenvalue weighted by atomic mass is 10.1. The molecule has 3 aromatic rings. The summed E-state index contributed by atoms with van der Waals surface area (Å²) in [4.78, 5) is 17.9. The predicted octanol–water partition coefficient (Wildman–Crippen LogP) is 1.14. The van der Waals surface area contributed by atoms with Gasteiger partial charge in [0, 0.05) is 24.5 Å². The molecule has 1 aliphatic rings. The summed E-state index contributed by atoms with van der Waals surface area (Å²) >= 11 is 1.26. The average molecular weight is 333 g/mol. The van der Waals surface area contributed by atoms with E-state index in [9.17, 15) is 9.18 Å². The monoisotopic (exact) mass is 333 g/mol. The van der Waals surface area contributed by atoms with E-state index >= 15 is 0 Å². The third-order valence-corrected chi connectivity index (χ3v) is 4.44. The highest BCUT2D eigenvalue weighted by molar-refractivity contribution is 7.13. The van der Waals surface area contributed by atoms with Gasteiger partial charge in [-0.05, 0) is 12.1 Å². The van der Waals surface area contributed by atoms with Gasteiger partial charge in [-0.3, -0.25) is 10.1 Å². The predicted molar refractivity (Wildman–Crippen MR) is 82.2 cm³/mol. The van der Waals surface area contributed by atoms with E-state index < -0.39 is 11.6 Å². The Labute approximate surface area is 134 Å². The highest BCUT2D eigenvalue weighted by Gasteiger charge is 2.46. The number of nitrogens with zero attached hydrogens (tertiary/aromatic N) is 6. The lowest BCUT2D eigenvalue weighted by Crippen LogP contribution is -2.41. The molecule has 0 saturated carbocycles. The zero-order chi connectivity index (χ0) is 15.9. The fourth-order valence-electron chi connectivity index (χ4n) is 2.54. The molecule has 1 atom stereocenters. The van der Waals surface area contributed by atoms with Crippen LogP contribution in [-0.2, 0) is 4.79 Å². The molecule has 0 aliphatic carbocycles. The van der Waals surface area contributed by atoms with Crippen molar-refractivity contribution >= 4 is 33.8 Å². The van der Waals surface area contributed by atoms with Gasteiger partial charge in [0.05, 0.1) is 6.54 Å². The van der Waals surface area contributed by atoms with Crippen LogP contribution in [0.3, 0.4) is 0 Å². The smallest absolute Gasteiger partial charge is 0.265 e. The van der Waals surface area contributed by atoms with E-state index in [0.29, 0.717) is 23.1 Å². The first-order valence-corrected chi connectivity index (χ1v) is 7.84. The molecule has 1 amide bonds. The molecule has 4 heterocycles.